The number of halogens is 1. The molecule has 0 bridgehead atoms. The van der Waals surface area contributed by atoms with E-state index in [1.807, 2.05) is 43.3 Å². The fourth-order valence-electron chi connectivity index (χ4n) is 4.38. The van der Waals surface area contributed by atoms with E-state index in [0.717, 1.165) is 26.9 Å². The number of carbonyl (C=O) groups excluding carboxylic acids is 2. The molecule has 1 N–H and O–H groups in total. The standard InChI is InChI=1S/C31H32BrN3O5/c1-4-6-23-15-22(16-28(39-5-2)30(23)40-20-21-7-9-25(32)10-8-21)18-33-34-31(37)24-17-29(36)35(19-24)26-11-13-27(38-3)14-12-26/h4,7-16,18,24H,1,5-6,17,19-20H2,2-3H3,(H,34,37)/b33-18+/t24-/m1/s1. The summed E-state index contributed by atoms with van der Waals surface area (Å²) in [5.74, 6) is 1.01. The largest absolute Gasteiger partial charge is 0.497 e. The molecule has 1 atom stereocenters. The molecule has 0 aromatic heterocycles. The molecule has 4 rings (SSSR count). The molecule has 0 spiro atoms. The summed E-state index contributed by atoms with van der Waals surface area (Å²) < 4.78 is 18.3. The second kappa shape index (κ2) is 13.8. The molecule has 1 fully saturated rings. The maximum Gasteiger partial charge on any atom is 0.245 e. The van der Waals surface area contributed by atoms with Crippen LogP contribution in [0.4, 0.5) is 5.69 Å². The van der Waals surface area contributed by atoms with Crippen molar-refractivity contribution in [1.82, 2.24) is 5.43 Å². The number of hydrogen-bond donors (Lipinski definition) is 1. The van der Waals surface area contributed by atoms with E-state index in [1.54, 1.807) is 48.6 Å². The summed E-state index contributed by atoms with van der Waals surface area (Å²) in [6.45, 7) is 6.91. The highest BCUT2D eigenvalue weighted by atomic mass is 79.9. The van der Waals surface area contributed by atoms with Gasteiger partial charge in [-0.05, 0) is 73.0 Å². The zero-order chi connectivity index (χ0) is 28.5. The van der Waals surface area contributed by atoms with Crippen molar-refractivity contribution in [1.29, 1.82) is 0 Å². The van der Waals surface area contributed by atoms with Crippen LogP contribution >= 0.6 is 15.9 Å². The second-order valence-corrected chi connectivity index (χ2v) is 10.1. The number of nitrogens with zero attached hydrogens (tertiary/aromatic N) is 2. The van der Waals surface area contributed by atoms with Gasteiger partial charge in [-0.3, -0.25) is 9.59 Å². The van der Waals surface area contributed by atoms with E-state index in [4.69, 9.17) is 14.2 Å². The van der Waals surface area contributed by atoms with Gasteiger partial charge < -0.3 is 19.1 Å². The first-order chi connectivity index (χ1) is 19.4. The Morgan fingerprint density at radius 3 is 2.58 bits per heavy atom. The van der Waals surface area contributed by atoms with Gasteiger partial charge in [0.25, 0.3) is 0 Å². The number of allylic oxidation sites excluding steroid dienone is 1. The Kier molecular flexibility index (Phi) is 9.96. The van der Waals surface area contributed by atoms with Gasteiger partial charge in [-0.1, -0.05) is 34.1 Å². The Bertz CT molecular complexity index is 1370. The average molecular weight is 607 g/mol. The lowest BCUT2D eigenvalue weighted by molar-refractivity contribution is -0.126. The molecule has 0 aliphatic carbocycles. The SMILES string of the molecule is C=CCc1cc(/C=N/NC(=O)[C@@H]2CC(=O)N(c3ccc(OC)cc3)C2)cc(OCC)c1OCc1ccc(Br)cc1. The molecule has 8 nitrogen and oxygen atoms in total. The number of benzene rings is 3. The van der Waals surface area contributed by atoms with Crippen LogP contribution < -0.4 is 24.5 Å². The van der Waals surface area contributed by atoms with Gasteiger partial charge in [-0.25, -0.2) is 5.43 Å². The van der Waals surface area contributed by atoms with Gasteiger partial charge in [0.2, 0.25) is 11.8 Å². The lowest BCUT2D eigenvalue weighted by Crippen LogP contribution is -2.30. The highest BCUT2D eigenvalue weighted by Crippen LogP contribution is 2.34. The summed E-state index contributed by atoms with van der Waals surface area (Å²) in [6, 6.07) is 18.9. The number of methoxy groups -OCH3 is 1. The Labute approximate surface area is 242 Å². The van der Waals surface area contributed by atoms with E-state index < -0.39 is 5.92 Å². The van der Waals surface area contributed by atoms with Crippen LogP contribution in [-0.4, -0.2) is 38.3 Å². The number of rotatable bonds is 12. The number of amides is 2. The molecule has 0 radical (unpaired) electrons. The van der Waals surface area contributed by atoms with Crippen molar-refractivity contribution in [3.05, 3.63) is 94.5 Å². The molecule has 3 aromatic carbocycles. The molecule has 2 amide bonds. The van der Waals surface area contributed by atoms with Crippen LogP contribution in [-0.2, 0) is 22.6 Å². The Balaban J connectivity index is 1.43. The van der Waals surface area contributed by atoms with Crippen LogP contribution in [0, 0.1) is 5.92 Å². The third-order valence-corrected chi connectivity index (χ3v) is 6.91. The summed E-state index contributed by atoms with van der Waals surface area (Å²) >= 11 is 3.45. The quantitative estimate of drug-likeness (QED) is 0.163. The van der Waals surface area contributed by atoms with Gasteiger partial charge in [-0.15, -0.1) is 6.58 Å². The van der Waals surface area contributed by atoms with E-state index in [-0.39, 0.29) is 24.8 Å². The minimum Gasteiger partial charge on any atom is -0.497 e. The fourth-order valence-corrected chi connectivity index (χ4v) is 4.65. The van der Waals surface area contributed by atoms with Crippen molar-refractivity contribution in [3.63, 3.8) is 0 Å². The van der Waals surface area contributed by atoms with Crippen LogP contribution in [0.25, 0.3) is 0 Å². The van der Waals surface area contributed by atoms with Crippen LogP contribution in [0.3, 0.4) is 0 Å². The normalized spacial score (nSPS) is 14.8. The smallest absolute Gasteiger partial charge is 0.245 e. The molecule has 0 unspecified atom stereocenters. The maximum atomic E-state index is 12.8. The predicted molar refractivity (Wildman–Crippen MR) is 159 cm³/mol. The highest BCUT2D eigenvalue weighted by molar-refractivity contribution is 9.10. The van der Waals surface area contributed by atoms with Crippen molar-refractivity contribution < 1.29 is 23.8 Å². The van der Waals surface area contributed by atoms with Gasteiger partial charge in [0, 0.05) is 28.7 Å². The van der Waals surface area contributed by atoms with E-state index in [1.165, 1.54) is 0 Å². The first kappa shape index (κ1) is 28.9. The van der Waals surface area contributed by atoms with Gasteiger partial charge in [0.15, 0.2) is 11.5 Å². The van der Waals surface area contributed by atoms with Crippen LogP contribution in [0.15, 0.2) is 82.9 Å². The average Bonchev–Trinajstić information content (AvgIpc) is 3.35. The number of hydrogen-bond acceptors (Lipinski definition) is 6. The lowest BCUT2D eigenvalue weighted by atomic mass is 10.1. The molecule has 40 heavy (non-hydrogen) atoms. The molecule has 0 saturated carbocycles. The summed E-state index contributed by atoms with van der Waals surface area (Å²) in [6.07, 6.45) is 4.04. The highest BCUT2D eigenvalue weighted by Gasteiger charge is 2.35. The summed E-state index contributed by atoms with van der Waals surface area (Å²) in [7, 11) is 1.59. The Morgan fingerprint density at radius 2 is 1.90 bits per heavy atom. The number of nitrogens with one attached hydrogen (secondary N) is 1. The van der Waals surface area contributed by atoms with E-state index >= 15 is 0 Å². The number of carbonyl (C=O) groups is 2. The first-order valence-electron chi connectivity index (χ1n) is 13.0. The lowest BCUT2D eigenvalue weighted by Gasteiger charge is -2.17. The molecule has 1 aliphatic heterocycles. The summed E-state index contributed by atoms with van der Waals surface area (Å²) in [4.78, 5) is 27.0. The molecular formula is C31H32BrN3O5. The molecular weight excluding hydrogens is 574 g/mol. The van der Waals surface area contributed by atoms with Crippen molar-refractivity contribution in [2.45, 2.75) is 26.4 Å². The van der Waals surface area contributed by atoms with E-state index in [0.29, 0.717) is 36.9 Å². The topological polar surface area (TPSA) is 89.5 Å². The fraction of sp³-hybridized carbons (Fsp3) is 0.258. The number of hydrazone groups is 1. The minimum atomic E-state index is -0.503. The zero-order valence-electron chi connectivity index (χ0n) is 22.6. The van der Waals surface area contributed by atoms with E-state index in [2.05, 4.69) is 33.0 Å². The molecule has 1 saturated heterocycles. The van der Waals surface area contributed by atoms with Crippen LogP contribution in [0.5, 0.6) is 17.2 Å². The molecule has 1 aliphatic rings. The second-order valence-electron chi connectivity index (χ2n) is 9.19. The van der Waals surface area contributed by atoms with Crippen molar-refractivity contribution in [2.24, 2.45) is 11.0 Å². The third-order valence-electron chi connectivity index (χ3n) is 6.38. The maximum absolute atomic E-state index is 12.8. The van der Waals surface area contributed by atoms with Crippen LogP contribution in [0.2, 0.25) is 0 Å². The number of ether oxygens (including phenoxy) is 3. The van der Waals surface area contributed by atoms with Crippen molar-refractivity contribution in [3.8, 4) is 17.2 Å². The summed E-state index contributed by atoms with van der Waals surface area (Å²) in [5, 5.41) is 4.17. The number of anilines is 1. The van der Waals surface area contributed by atoms with Crippen molar-refractivity contribution in [2.75, 3.05) is 25.2 Å². The van der Waals surface area contributed by atoms with Gasteiger partial charge >= 0.3 is 0 Å². The monoisotopic (exact) mass is 605 g/mol. The molecule has 208 valence electrons. The van der Waals surface area contributed by atoms with E-state index in [9.17, 15) is 9.59 Å². The third kappa shape index (κ3) is 7.30. The minimum absolute atomic E-state index is 0.108. The zero-order valence-corrected chi connectivity index (χ0v) is 24.1. The predicted octanol–water partition coefficient (Wildman–Crippen LogP) is 5.67. The van der Waals surface area contributed by atoms with Crippen molar-refractivity contribution >= 4 is 39.6 Å². The van der Waals surface area contributed by atoms with Gasteiger partial charge in [-0.2, -0.15) is 5.10 Å². The first-order valence-corrected chi connectivity index (χ1v) is 13.8. The van der Waals surface area contributed by atoms with Crippen LogP contribution in [0.1, 0.15) is 30.0 Å². The Hall–Kier alpha value is -4.11. The molecule has 1 heterocycles. The van der Waals surface area contributed by atoms with Gasteiger partial charge in [0.1, 0.15) is 12.4 Å². The molecule has 9 heteroatoms. The molecule has 3 aromatic rings. The summed E-state index contributed by atoms with van der Waals surface area (Å²) in [5.41, 5.74) is 5.97. The Morgan fingerprint density at radius 1 is 1.15 bits per heavy atom. The van der Waals surface area contributed by atoms with Gasteiger partial charge in [0.05, 0.1) is 25.8 Å².